The fourth-order valence-electron chi connectivity index (χ4n) is 2.08. The van der Waals surface area contributed by atoms with Gasteiger partial charge in [0, 0.05) is 12.2 Å². The molecule has 0 spiro atoms. The van der Waals surface area contributed by atoms with E-state index in [9.17, 15) is 9.59 Å². The van der Waals surface area contributed by atoms with Crippen LogP contribution in [0.3, 0.4) is 0 Å². The largest absolute Gasteiger partial charge is 0.478 e. The zero-order valence-corrected chi connectivity index (χ0v) is 11.1. The van der Waals surface area contributed by atoms with Crippen LogP contribution in [0.4, 0.5) is 10.5 Å². The van der Waals surface area contributed by atoms with Gasteiger partial charge in [-0.15, -0.1) is 0 Å². The molecule has 5 nitrogen and oxygen atoms in total. The monoisotopic (exact) mass is 262 g/mol. The molecule has 2 rings (SSSR count). The predicted octanol–water partition coefficient (Wildman–Crippen LogP) is 2.47. The Bertz CT molecular complexity index is 513. The number of anilines is 1. The zero-order valence-electron chi connectivity index (χ0n) is 11.1. The molecule has 0 heterocycles. The second-order valence-electron chi connectivity index (χ2n) is 5.09. The highest BCUT2D eigenvalue weighted by molar-refractivity contribution is 5.95. The van der Waals surface area contributed by atoms with E-state index in [1.807, 2.05) is 0 Å². The summed E-state index contributed by atoms with van der Waals surface area (Å²) in [5.41, 5.74) is 1.29. The van der Waals surface area contributed by atoms with Crippen LogP contribution in [0.15, 0.2) is 18.2 Å². The van der Waals surface area contributed by atoms with Gasteiger partial charge >= 0.3 is 12.0 Å². The number of amides is 2. The van der Waals surface area contributed by atoms with Crippen molar-refractivity contribution in [3.05, 3.63) is 29.3 Å². The van der Waals surface area contributed by atoms with Gasteiger partial charge in [-0.05, 0) is 42.9 Å². The molecule has 1 fully saturated rings. The second kappa shape index (κ2) is 5.30. The van der Waals surface area contributed by atoms with Crippen molar-refractivity contribution < 1.29 is 14.7 Å². The summed E-state index contributed by atoms with van der Waals surface area (Å²) in [4.78, 5) is 22.7. The fourth-order valence-corrected chi connectivity index (χ4v) is 2.08. The summed E-state index contributed by atoms with van der Waals surface area (Å²) in [6, 6.07) is 4.55. The molecule has 2 amide bonds. The Hall–Kier alpha value is -2.04. The minimum absolute atomic E-state index is 0.202. The number of urea groups is 1. The topological polar surface area (TPSA) is 78.4 Å². The quantitative estimate of drug-likeness (QED) is 0.780. The maximum Gasteiger partial charge on any atom is 0.336 e. The van der Waals surface area contributed by atoms with Crippen LogP contribution in [0.2, 0.25) is 0 Å². The Balaban J connectivity index is 1.96. The Morgan fingerprint density at radius 2 is 2.11 bits per heavy atom. The van der Waals surface area contributed by atoms with Crippen LogP contribution in [-0.4, -0.2) is 23.7 Å². The van der Waals surface area contributed by atoms with Crippen LogP contribution in [0, 0.1) is 18.8 Å². The molecular formula is C14H18N2O3. The van der Waals surface area contributed by atoms with Gasteiger partial charge in [0.15, 0.2) is 0 Å². The van der Waals surface area contributed by atoms with Crippen LogP contribution >= 0.6 is 0 Å². The highest BCUT2D eigenvalue weighted by Gasteiger charge is 2.32. The minimum atomic E-state index is -0.992. The van der Waals surface area contributed by atoms with E-state index in [1.54, 1.807) is 19.1 Å². The first-order valence-electron chi connectivity index (χ1n) is 6.36. The van der Waals surface area contributed by atoms with E-state index < -0.39 is 5.97 Å². The summed E-state index contributed by atoms with van der Waals surface area (Å²) in [5.74, 6) is 0.280. The van der Waals surface area contributed by atoms with E-state index in [0.717, 1.165) is 6.42 Å². The summed E-state index contributed by atoms with van der Waals surface area (Å²) in [7, 11) is 0. The van der Waals surface area contributed by atoms with Gasteiger partial charge in [-0.2, -0.15) is 0 Å². The third-order valence-electron chi connectivity index (χ3n) is 3.61. The first-order valence-corrected chi connectivity index (χ1v) is 6.36. The highest BCUT2D eigenvalue weighted by atomic mass is 16.4. The number of rotatable bonds is 4. The number of aromatic carboxylic acids is 1. The van der Waals surface area contributed by atoms with Gasteiger partial charge in [0.25, 0.3) is 0 Å². The Morgan fingerprint density at radius 1 is 1.42 bits per heavy atom. The summed E-state index contributed by atoms with van der Waals surface area (Å²) in [6.45, 7) is 4.51. The van der Waals surface area contributed by atoms with E-state index in [2.05, 4.69) is 17.6 Å². The van der Waals surface area contributed by atoms with E-state index >= 15 is 0 Å². The molecule has 3 N–H and O–H groups in total. The number of nitrogens with one attached hydrogen (secondary N) is 2. The van der Waals surface area contributed by atoms with Crippen LogP contribution in [0.25, 0.3) is 0 Å². The molecule has 5 heteroatoms. The van der Waals surface area contributed by atoms with Gasteiger partial charge in [0.05, 0.1) is 5.56 Å². The highest BCUT2D eigenvalue weighted by Crippen LogP contribution is 2.36. The summed E-state index contributed by atoms with van der Waals surface area (Å²) in [5, 5.41) is 14.5. The van der Waals surface area contributed by atoms with Crippen molar-refractivity contribution in [2.24, 2.45) is 11.8 Å². The van der Waals surface area contributed by atoms with Crippen molar-refractivity contribution in [1.82, 2.24) is 5.32 Å². The van der Waals surface area contributed by atoms with Crippen LogP contribution in [-0.2, 0) is 0 Å². The number of hydrogen-bond donors (Lipinski definition) is 3. The first kappa shape index (κ1) is 13.4. The molecule has 1 aromatic rings. The van der Waals surface area contributed by atoms with Crippen LogP contribution < -0.4 is 10.6 Å². The molecule has 2 unspecified atom stereocenters. The number of benzene rings is 1. The maximum atomic E-state index is 11.7. The SMILES string of the molecule is Cc1c(NC(=O)NCC2CC2C)cccc1C(=O)O. The molecule has 102 valence electrons. The molecular weight excluding hydrogens is 244 g/mol. The third-order valence-corrected chi connectivity index (χ3v) is 3.61. The molecule has 0 radical (unpaired) electrons. The molecule has 0 aliphatic heterocycles. The van der Waals surface area contributed by atoms with E-state index in [-0.39, 0.29) is 11.6 Å². The van der Waals surface area contributed by atoms with Crippen LogP contribution in [0.5, 0.6) is 0 Å². The van der Waals surface area contributed by atoms with Crippen molar-refractivity contribution >= 4 is 17.7 Å². The van der Waals surface area contributed by atoms with E-state index in [1.165, 1.54) is 6.07 Å². The first-order chi connectivity index (χ1) is 8.99. The molecule has 1 saturated carbocycles. The van der Waals surface area contributed by atoms with Crippen molar-refractivity contribution in [2.45, 2.75) is 20.3 Å². The lowest BCUT2D eigenvalue weighted by molar-refractivity contribution is 0.0696. The van der Waals surface area contributed by atoms with E-state index in [4.69, 9.17) is 5.11 Å². The fraction of sp³-hybridized carbons (Fsp3) is 0.429. The van der Waals surface area contributed by atoms with Crippen molar-refractivity contribution in [3.63, 3.8) is 0 Å². The summed E-state index contributed by atoms with van der Waals surface area (Å²) < 4.78 is 0. The minimum Gasteiger partial charge on any atom is -0.478 e. The van der Waals surface area contributed by atoms with Gasteiger partial charge < -0.3 is 15.7 Å². The third kappa shape index (κ3) is 3.24. The lowest BCUT2D eigenvalue weighted by Gasteiger charge is -2.11. The molecule has 19 heavy (non-hydrogen) atoms. The smallest absolute Gasteiger partial charge is 0.336 e. The summed E-state index contributed by atoms with van der Waals surface area (Å²) >= 11 is 0. The Morgan fingerprint density at radius 3 is 2.68 bits per heavy atom. The standard InChI is InChI=1S/C14H18N2O3/c1-8-6-10(8)7-15-14(19)16-12-5-3-4-11(9(12)2)13(17)18/h3-5,8,10H,6-7H2,1-2H3,(H,17,18)(H2,15,16,19). The molecule has 2 atom stereocenters. The lowest BCUT2D eigenvalue weighted by Crippen LogP contribution is -2.31. The number of carbonyl (C=O) groups is 2. The number of carbonyl (C=O) groups excluding carboxylic acids is 1. The van der Waals surface area contributed by atoms with E-state index in [0.29, 0.717) is 29.6 Å². The van der Waals surface area contributed by atoms with Gasteiger partial charge in [-0.1, -0.05) is 13.0 Å². The number of carboxylic acid groups (broad SMARTS) is 1. The van der Waals surface area contributed by atoms with Gasteiger partial charge in [-0.3, -0.25) is 0 Å². The average Bonchev–Trinajstić information content (AvgIpc) is 3.05. The van der Waals surface area contributed by atoms with Gasteiger partial charge in [0.1, 0.15) is 0 Å². The van der Waals surface area contributed by atoms with Crippen molar-refractivity contribution in [1.29, 1.82) is 0 Å². The maximum absolute atomic E-state index is 11.7. The van der Waals surface area contributed by atoms with Crippen molar-refractivity contribution in [2.75, 3.05) is 11.9 Å². The number of hydrogen-bond acceptors (Lipinski definition) is 2. The van der Waals surface area contributed by atoms with Crippen molar-refractivity contribution in [3.8, 4) is 0 Å². The van der Waals surface area contributed by atoms with Crippen LogP contribution in [0.1, 0.15) is 29.3 Å². The Labute approximate surface area is 112 Å². The normalized spacial score (nSPS) is 20.7. The zero-order chi connectivity index (χ0) is 14.0. The van der Waals surface area contributed by atoms with Gasteiger partial charge in [0.2, 0.25) is 0 Å². The molecule has 1 aromatic carbocycles. The number of carboxylic acids is 1. The predicted molar refractivity (Wildman–Crippen MR) is 72.4 cm³/mol. The Kier molecular flexibility index (Phi) is 3.74. The molecule has 0 bridgehead atoms. The summed E-state index contributed by atoms with van der Waals surface area (Å²) in [6.07, 6.45) is 1.16. The second-order valence-corrected chi connectivity index (χ2v) is 5.09. The average molecular weight is 262 g/mol. The molecule has 0 saturated heterocycles. The molecule has 0 aromatic heterocycles. The molecule has 1 aliphatic carbocycles. The molecule has 1 aliphatic rings. The van der Waals surface area contributed by atoms with Gasteiger partial charge in [-0.25, -0.2) is 9.59 Å². The lowest BCUT2D eigenvalue weighted by atomic mass is 10.1.